The number of alkyl halides is 1. The van der Waals surface area contributed by atoms with Crippen molar-refractivity contribution in [3.63, 3.8) is 0 Å². The third kappa shape index (κ3) is 2.41. The van der Waals surface area contributed by atoms with Crippen molar-refractivity contribution in [1.29, 1.82) is 0 Å². The highest BCUT2D eigenvalue weighted by molar-refractivity contribution is 6.16. The van der Waals surface area contributed by atoms with Crippen LogP contribution >= 0.6 is 11.6 Å². The Kier molecular flexibility index (Phi) is 3.44. The van der Waals surface area contributed by atoms with Crippen molar-refractivity contribution in [2.24, 2.45) is 7.05 Å². The molecule has 0 amide bonds. The molecular formula is C14H16ClN5. The first-order valence-corrected chi connectivity index (χ1v) is 7.07. The van der Waals surface area contributed by atoms with Gasteiger partial charge in [-0.2, -0.15) is 5.10 Å². The first kappa shape index (κ1) is 13.1. The van der Waals surface area contributed by atoms with Crippen LogP contribution in [-0.2, 0) is 25.9 Å². The standard InChI is InChI=1S/C14H16ClN5/c1-10-3-4-12-11(7-10)17-14(8-15)20(12)6-5-13-16-9-19(2)18-13/h3-4,7,9H,5-6,8H2,1-2H3. The molecule has 0 aliphatic rings. The summed E-state index contributed by atoms with van der Waals surface area (Å²) in [4.78, 5) is 8.84. The van der Waals surface area contributed by atoms with Gasteiger partial charge < -0.3 is 4.57 Å². The van der Waals surface area contributed by atoms with Gasteiger partial charge in [0.25, 0.3) is 0 Å². The minimum absolute atomic E-state index is 0.406. The largest absolute Gasteiger partial charge is 0.327 e. The van der Waals surface area contributed by atoms with Crippen LogP contribution in [0.4, 0.5) is 0 Å². The number of halogens is 1. The van der Waals surface area contributed by atoms with Gasteiger partial charge in [0.1, 0.15) is 12.2 Å². The number of hydrogen-bond donors (Lipinski definition) is 0. The Balaban J connectivity index is 1.93. The van der Waals surface area contributed by atoms with E-state index in [1.54, 1.807) is 11.0 Å². The molecule has 0 aliphatic carbocycles. The molecule has 5 nitrogen and oxygen atoms in total. The summed E-state index contributed by atoms with van der Waals surface area (Å²) in [6, 6.07) is 6.28. The van der Waals surface area contributed by atoms with E-state index in [9.17, 15) is 0 Å². The molecule has 2 aromatic heterocycles. The Labute approximate surface area is 122 Å². The fourth-order valence-corrected chi connectivity index (χ4v) is 2.56. The van der Waals surface area contributed by atoms with E-state index in [-0.39, 0.29) is 0 Å². The number of hydrogen-bond acceptors (Lipinski definition) is 3. The predicted molar refractivity (Wildman–Crippen MR) is 78.7 cm³/mol. The van der Waals surface area contributed by atoms with Gasteiger partial charge in [0.2, 0.25) is 0 Å². The van der Waals surface area contributed by atoms with E-state index in [1.807, 2.05) is 7.05 Å². The maximum Gasteiger partial charge on any atom is 0.152 e. The molecule has 0 atom stereocenters. The summed E-state index contributed by atoms with van der Waals surface area (Å²) in [6.07, 6.45) is 2.48. The van der Waals surface area contributed by atoms with Crippen LogP contribution in [0.25, 0.3) is 11.0 Å². The lowest BCUT2D eigenvalue weighted by atomic mass is 10.2. The van der Waals surface area contributed by atoms with Gasteiger partial charge in [-0.25, -0.2) is 9.97 Å². The monoisotopic (exact) mass is 289 g/mol. The molecule has 104 valence electrons. The van der Waals surface area contributed by atoms with E-state index in [1.165, 1.54) is 5.56 Å². The molecule has 0 unspecified atom stereocenters. The van der Waals surface area contributed by atoms with E-state index in [4.69, 9.17) is 11.6 Å². The van der Waals surface area contributed by atoms with Gasteiger partial charge in [-0.05, 0) is 24.6 Å². The highest BCUT2D eigenvalue weighted by atomic mass is 35.5. The van der Waals surface area contributed by atoms with Crippen LogP contribution in [0, 0.1) is 6.92 Å². The van der Waals surface area contributed by atoms with Gasteiger partial charge in [0.15, 0.2) is 5.82 Å². The third-order valence-corrected chi connectivity index (χ3v) is 3.55. The van der Waals surface area contributed by atoms with Gasteiger partial charge in [0, 0.05) is 20.0 Å². The molecule has 0 fully saturated rings. The first-order valence-electron chi connectivity index (χ1n) is 6.53. The van der Waals surface area contributed by atoms with E-state index in [0.717, 1.165) is 35.6 Å². The summed E-state index contributed by atoms with van der Waals surface area (Å²) in [6.45, 7) is 2.85. The Morgan fingerprint density at radius 1 is 1.30 bits per heavy atom. The molecular weight excluding hydrogens is 274 g/mol. The zero-order chi connectivity index (χ0) is 14.1. The zero-order valence-electron chi connectivity index (χ0n) is 11.5. The highest BCUT2D eigenvalue weighted by Crippen LogP contribution is 2.19. The quantitative estimate of drug-likeness (QED) is 0.693. The minimum Gasteiger partial charge on any atom is -0.327 e. The van der Waals surface area contributed by atoms with Crippen molar-refractivity contribution >= 4 is 22.6 Å². The average Bonchev–Trinajstić information content (AvgIpc) is 2.99. The van der Waals surface area contributed by atoms with Crippen molar-refractivity contribution in [1.82, 2.24) is 24.3 Å². The number of rotatable bonds is 4. The molecule has 0 saturated carbocycles. The summed E-state index contributed by atoms with van der Waals surface area (Å²) in [5, 5.41) is 4.30. The molecule has 0 N–H and O–H groups in total. The molecule has 6 heteroatoms. The Hall–Kier alpha value is -1.88. The molecule has 3 rings (SSSR count). The van der Waals surface area contributed by atoms with E-state index in [2.05, 4.69) is 44.8 Å². The Bertz CT molecular complexity index is 743. The molecule has 0 saturated heterocycles. The molecule has 2 heterocycles. The predicted octanol–water partition coefficient (Wildman–Crippen LogP) is 2.45. The normalized spacial score (nSPS) is 11.3. The SMILES string of the molecule is Cc1ccc2c(c1)nc(CCl)n2CCc1ncn(C)n1. The topological polar surface area (TPSA) is 48.5 Å². The lowest BCUT2D eigenvalue weighted by Crippen LogP contribution is -2.06. The van der Waals surface area contributed by atoms with Crippen LogP contribution < -0.4 is 0 Å². The van der Waals surface area contributed by atoms with E-state index < -0.39 is 0 Å². The molecule has 0 aliphatic heterocycles. The number of fused-ring (bicyclic) bond motifs is 1. The molecule has 0 spiro atoms. The first-order chi connectivity index (χ1) is 9.67. The van der Waals surface area contributed by atoms with Crippen LogP contribution in [0.5, 0.6) is 0 Å². The third-order valence-electron chi connectivity index (χ3n) is 3.31. The Morgan fingerprint density at radius 3 is 2.85 bits per heavy atom. The number of benzene rings is 1. The molecule has 0 bridgehead atoms. The maximum atomic E-state index is 6.01. The average molecular weight is 290 g/mol. The van der Waals surface area contributed by atoms with Gasteiger partial charge in [-0.3, -0.25) is 4.68 Å². The number of aryl methyl sites for hydroxylation is 4. The van der Waals surface area contributed by atoms with E-state index >= 15 is 0 Å². The minimum atomic E-state index is 0.406. The smallest absolute Gasteiger partial charge is 0.152 e. The van der Waals surface area contributed by atoms with Crippen molar-refractivity contribution in [2.75, 3.05) is 0 Å². The van der Waals surface area contributed by atoms with Gasteiger partial charge in [0.05, 0.1) is 16.9 Å². The second-order valence-corrected chi connectivity index (χ2v) is 5.16. The maximum absolute atomic E-state index is 6.01. The van der Waals surface area contributed by atoms with Crippen molar-refractivity contribution in [2.45, 2.75) is 25.8 Å². The Morgan fingerprint density at radius 2 is 2.15 bits per heavy atom. The van der Waals surface area contributed by atoms with Gasteiger partial charge in [-0.15, -0.1) is 11.6 Å². The fourth-order valence-electron chi connectivity index (χ4n) is 2.35. The summed E-state index contributed by atoms with van der Waals surface area (Å²) in [5.74, 6) is 2.13. The van der Waals surface area contributed by atoms with Crippen LogP contribution in [0.3, 0.4) is 0 Å². The summed E-state index contributed by atoms with van der Waals surface area (Å²) in [7, 11) is 1.87. The van der Waals surface area contributed by atoms with Gasteiger partial charge >= 0.3 is 0 Å². The number of aromatic nitrogens is 5. The second kappa shape index (κ2) is 5.25. The molecule has 3 aromatic rings. The van der Waals surface area contributed by atoms with Crippen LogP contribution in [0.15, 0.2) is 24.5 Å². The van der Waals surface area contributed by atoms with Crippen molar-refractivity contribution in [3.05, 3.63) is 41.7 Å². The van der Waals surface area contributed by atoms with Crippen LogP contribution in [0.1, 0.15) is 17.2 Å². The zero-order valence-corrected chi connectivity index (χ0v) is 12.3. The molecule has 1 aromatic carbocycles. The van der Waals surface area contributed by atoms with Crippen molar-refractivity contribution < 1.29 is 0 Å². The second-order valence-electron chi connectivity index (χ2n) is 4.89. The highest BCUT2D eigenvalue weighted by Gasteiger charge is 2.10. The summed E-state index contributed by atoms with van der Waals surface area (Å²) in [5.41, 5.74) is 3.31. The van der Waals surface area contributed by atoms with Crippen LogP contribution in [-0.4, -0.2) is 24.3 Å². The molecule has 0 radical (unpaired) electrons. The fraction of sp³-hybridized carbons (Fsp3) is 0.357. The van der Waals surface area contributed by atoms with Gasteiger partial charge in [-0.1, -0.05) is 6.07 Å². The summed E-state index contributed by atoms with van der Waals surface area (Å²) < 4.78 is 3.87. The van der Waals surface area contributed by atoms with Crippen molar-refractivity contribution in [3.8, 4) is 0 Å². The number of imidazole rings is 1. The summed E-state index contributed by atoms with van der Waals surface area (Å²) >= 11 is 6.01. The lowest BCUT2D eigenvalue weighted by Gasteiger charge is -2.06. The number of nitrogens with zero attached hydrogens (tertiary/aromatic N) is 5. The van der Waals surface area contributed by atoms with E-state index in [0.29, 0.717) is 5.88 Å². The lowest BCUT2D eigenvalue weighted by molar-refractivity contribution is 0.654. The van der Waals surface area contributed by atoms with Crippen LogP contribution in [0.2, 0.25) is 0 Å². The molecule has 20 heavy (non-hydrogen) atoms.